The first-order valence-corrected chi connectivity index (χ1v) is 5.81. The summed E-state index contributed by atoms with van der Waals surface area (Å²) < 4.78 is 0. The second kappa shape index (κ2) is 7.16. The Kier molecular flexibility index (Phi) is 5.54. The largest absolute Gasteiger partial charge is 0.355 e. The zero-order valence-corrected chi connectivity index (χ0v) is 10.3. The van der Waals surface area contributed by atoms with Crippen molar-refractivity contribution in [1.82, 2.24) is 10.4 Å². The Morgan fingerprint density at radius 3 is 2.53 bits per heavy atom. The average molecular weight is 266 g/mol. The predicted molar refractivity (Wildman–Crippen MR) is 62.9 cm³/mol. The van der Waals surface area contributed by atoms with Crippen LogP contribution in [0.2, 0.25) is 0 Å². The molecule has 1 aliphatic rings. The van der Waals surface area contributed by atoms with E-state index < -0.39 is 17.8 Å². The molecule has 0 aromatic rings. The molecule has 0 aliphatic carbocycles. The maximum absolute atomic E-state index is 11.3. The Balaban J connectivity index is 2.18. The summed E-state index contributed by atoms with van der Waals surface area (Å²) in [6, 6.07) is 0. The maximum atomic E-state index is 11.3. The molecule has 102 valence electrons. The van der Waals surface area contributed by atoms with E-state index in [0.29, 0.717) is 11.5 Å². The molecule has 3 amide bonds. The number of rotatable bonds is 6. The third-order valence-electron chi connectivity index (χ3n) is 2.34. The van der Waals surface area contributed by atoms with Gasteiger partial charge < -0.3 is 10.2 Å². The lowest BCUT2D eigenvalue weighted by Gasteiger charge is -2.12. The van der Waals surface area contributed by atoms with Gasteiger partial charge in [-0.1, -0.05) is 5.92 Å². The zero-order chi connectivity index (χ0) is 14.3. The summed E-state index contributed by atoms with van der Waals surface area (Å²) >= 11 is 0. The monoisotopic (exact) mass is 266 g/mol. The van der Waals surface area contributed by atoms with Crippen LogP contribution in [0.1, 0.15) is 32.1 Å². The van der Waals surface area contributed by atoms with Crippen LogP contribution < -0.4 is 5.32 Å². The van der Waals surface area contributed by atoms with Gasteiger partial charge in [0.25, 0.3) is 11.8 Å². The van der Waals surface area contributed by atoms with E-state index in [1.165, 1.54) is 0 Å². The van der Waals surface area contributed by atoms with Crippen molar-refractivity contribution < 1.29 is 24.0 Å². The van der Waals surface area contributed by atoms with Crippen LogP contribution in [0.5, 0.6) is 0 Å². The molecule has 19 heavy (non-hydrogen) atoms. The molecule has 0 saturated carbocycles. The molecule has 7 nitrogen and oxygen atoms in total. The molecule has 0 spiro atoms. The highest BCUT2D eigenvalue weighted by atomic mass is 16.7. The van der Waals surface area contributed by atoms with Gasteiger partial charge in [-0.15, -0.1) is 11.5 Å². The highest BCUT2D eigenvalue weighted by Gasteiger charge is 2.32. The Hall–Kier alpha value is -2.36. The highest BCUT2D eigenvalue weighted by Crippen LogP contribution is 2.12. The first-order valence-electron chi connectivity index (χ1n) is 5.81. The molecule has 1 heterocycles. The van der Waals surface area contributed by atoms with E-state index in [-0.39, 0.29) is 38.1 Å². The lowest BCUT2D eigenvalue weighted by Crippen LogP contribution is -2.32. The molecule has 7 heteroatoms. The molecular weight excluding hydrogens is 252 g/mol. The summed E-state index contributed by atoms with van der Waals surface area (Å²) in [5.41, 5.74) is 0. The number of nitrogens with zero attached hydrogens (tertiary/aromatic N) is 1. The van der Waals surface area contributed by atoms with E-state index in [2.05, 4.69) is 16.1 Å². The fourth-order valence-electron chi connectivity index (χ4n) is 1.42. The number of hydroxylamine groups is 2. The van der Waals surface area contributed by atoms with Gasteiger partial charge in [0.15, 0.2) is 0 Å². The third-order valence-corrected chi connectivity index (χ3v) is 2.34. The summed E-state index contributed by atoms with van der Waals surface area (Å²) in [7, 11) is 0. The number of imide groups is 1. The van der Waals surface area contributed by atoms with Crippen molar-refractivity contribution in [3.63, 3.8) is 0 Å². The third kappa shape index (κ3) is 4.79. The van der Waals surface area contributed by atoms with Crippen LogP contribution in [-0.4, -0.2) is 35.3 Å². The summed E-state index contributed by atoms with van der Waals surface area (Å²) in [5, 5.41) is 3.01. The molecular formula is C12H14N2O5. The second-order valence-corrected chi connectivity index (χ2v) is 3.88. The molecule has 0 aromatic carbocycles. The summed E-state index contributed by atoms with van der Waals surface area (Å²) in [6.45, 7) is 0.275. The molecule has 0 unspecified atom stereocenters. The lowest BCUT2D eigenvalue weighted by atomic mass is 10.3. The van der Waals surface area contributed by atoms with Crippen molar-refractivity contribution >= 4 is 23.7 Å². The number of hydrogen-bond donors (Lipinski definition) is 1. The van der Waals surface area contributed by atoms with Gasteiger partial charge in [0, 0.05) is 25.8 Å². The normalized spacial score (nSPS) is 14.2. The Morgan fingerprint density at radius 1 is 1.32 bits per heavy atom. The van der Waals surface area contributed by atoms with Gasteiger partial charge in [-0.3, -0.25) is 14.4 Å². The minimum atomic E-state index is -0.685. The van der Waals surface area contributed by atoms with Gasteiger partial charge in [0.1, 0.15) is 0 Å². The lowest BCUT2D eigenvalue weighted by molar-refractivity contribution is -0.197. The first kappa shape index (κ1) is 14.7. The van der Waals surface area contributed by atoms with Crippen LogP contribution in [-0.2, 0) is 24.0 Å². The van der Waals surface area contributed by atoms with Gasteiger partial charge in [0.05, 0.1) is 6.42 Å². The van der Waals surface area contributed by atoms with E-state index >= 15 is 0 Å². The molecule has 0 atom stereocenters. The number of carbonyl (C=O) groups excluding carboxylic acids is 4. The molecule has 0 bridgehead atoms. The molecule has 0 radical (unpaired) electrons. The molecule has 1 rings (SSSR count). The van der Waals surface area contributed by atoms with Crippen LogP contribution in [0.4, 0.5) is 0 Å². The van der Waals surface area contributed by atoms with Crippen molar-refractivity contribution in [2.75, 3.05) is 6.54 Å². The van der Waals surface area contributed by atoms with E-state index in [0.717, 1.165) is 0 Å². The van der Waals surface area contributed by atoms with E-state index in [9.17, 15) is 19.2 Å². The molecule has 1 fully saturated rings. The van der Waals surface area contributed by atoms with Crippen LogP contribution in [0.25, 0.3) is 0 Å². The molecule has 0 aromatic heterocycles. The van der Waals surface area contributed by atoms with Crippen LogP contribution in [0.3, 0.4) is 0 Å². The Morgan fingerprint density at radius 2 is 1.95 bits per heavy atom. The number of hydrogen-bond acceptors (Lipinski definition) is 5. The fraction of sp³-hybridized carbons (Fsp3) is 0.500. The van der Waals surface area contributed by atoms with E-state index in [1.54, 1.807) is 0 Å². The van der Waals surface area contributed by atoms with Gasteiger partial charge in [-0.05, 0) is 6.42 Å². The van der Waals surface area contributed by atoms with E-state index in [1.807, 2.05) is 0 Å². The summed E-state index contributed by atoms with van der Waals surface area (Å²) in [6.07, 6.45) is 5.39. The minimum absolute atomic E-state index is 0.00655. The van der Waals surface area contributed by atoms with Gasteiger partial charge >= 0.3 is 5.97 Å². The van der Waals surface area contributed by atoms with Crippen LogP contribution >= 0.6 is 0 Å². The average Bonchev–Trinajstić information content (AvgIpc) is 2.67. The van der Waals surface area contributed by atoms with Gasteiger partial charge in [0.2, 0.25) is 5.91 Å². The minimum Gasteiger partial charge on any atom is -0.355 e. The molecule has 1 aliphatic heterocycles. The van der Waals surface area contributed by atoms with Gasteiger partial charge in [-0.25, -0.2) is 4.79 Å². The second-order valence-electron chi connectivity index (χ2n) is 3.88. The van der Waals surface area contributed by atoms with Gasteiger partial charge in [-0.2, -0.15) is 0 Å². The summed E-state index contributed by atoms with van der Waals surface area (Å²) in [4.78, 5) is 49.3. The Labute approximate surface area is 110 Å². The predicted octanol–water partition coefficient (Wildman–Crippen LogP) is -0.487. The summed E-state index contributed by atoms with van der Waals surface area (Å²) in [5.74, 6) is 0.187. The van der Waals surface area contributed by atoms with E-state index in [4.69, 9.17) is 6.42 Å². The highest BCUT2D eigenvalue weighted by molar-refractivity contribution is 6.01. The smallest absolute Gasteiger partial charge is 0.333 e. The number of terminal acetylenes is 1. The van der Waals surface area contributed by atoms with Crippen LogP contribution in [0.15, 0.2) is 0 Å². The number of carbonyl (C=O) groups is 4. The SMILES string of the molecule is C#CCC(=O)NCCCC(=O)ON1C(=O)CCC1=O. The zero-order valence-electron chi connectivity index (χ0n) is 10.3. The quantitative estimate of drug-likeness (QED) is 0.398. The van der Waals surface area contributed by atoms with Crippen molar-refractivity contribution in [2.24, 2.45) is 0 Å². The standard InChI is InChI=1S/C12H14N2O5/c1-2-4-9(15)13-8-3-5-12(18)19-14-10(16)6-7-11(14)17/h1H,3-8H2,(H,13,15). The van der Waals surface area contributed by atoms with Crippen molar-refractivity contribution in [3.05, 3.63) is 0 Å². The van der Waals surface area contributed by atoms with Crippen molar-refractivity contribution in [1.29, 1.82) is 0 Å². The van der Waals surface area contributed by atoms with Crippen molar-refractivity contribution in [3.8, 4) is 12.3 Å². The maximum Gasteiger partial charge on any atom is 0.333 e. The Bertz CT molecular complexity index is 422. The van der Waals surface area contributed by atoms with Crippen LogP contribution in [0, 0.1) is 12.3 Å². The topological polar surface area (TPSA) is 92.8 Å². The number of amides is 3. The fourth-order valence-corrected chi connectivity index (χ4v) is 1.42. The number of nitrogens with one attached hydrogen (secondary N) is 1. The first-order chi connectivity index (χ1) is 9.04. The van der Waals surface area contributed by atoms with Crippen molar-refractivity contribution in [2.45, 2.75) is 32.1 Å². The molecule has 1 N–H and O–H groups in total. The molecule has 1 saturated heterocycles.